The van der Waals surface area contributed by atoms with E-state index in [-0.39, 0.29) is 12.1 Å². The first-order chi connectivity index (χ1) is 16.2. The molecule has 1 aliphatic heterocycles. The van der Waals surface area contributed by atoms with Crippen LogP contribution in [0.15, 0.2) is 60.9 Å². The first-order valence-corrected chi connectivity index (χ1v) is 11.7. The van der Waals surface area contributed by atoms with E-state index in [1.54, 1.807) is 6.20 Å². The molecular formula is C26H30N6O. The van der Waals surface area contributed by atoms with Gasteiger partial charge in [-0.3, -0.25) is 4.98 Å². The number of hydrogen-bond acceptors (Lipinski definition) is 7. The molecule has 4 N–H and O–H groups in total. The minimum atomic E-state index is -0.190. The van der Waals surface area contributed by atoms with E-state index in [2.05, 4.69) is 56.3 Å². The van der Waals surface area contributed by atoms with Gasteiger partial charge in [0.1, 0.15) is 5.82 Å². The summed E-state index contributed by atoms with van der Waals surface area (Å²) in [6.45, 7) is 1.96. The summed E-state index contributed by atoms with van der Waals surface area (Å²) in [4.78, 5) is 13.9. The maximum atomic E-state index is 9.86. The molecule has 1 aliphatic carbocycles. The highest BCUT2D eigenvalue weighted by Crippen LogP contribution is 2.29. The molecule has 1 fully saturated rings. The molecule has 0 unspecified atom stereocenters. The predicted molar refractivity (Wildman–Crippen MR) is 132 cm³/mol. The van der Waals surface area contributed by atoms with Crippen molar-refractivity contribution >= 4 is 23.0 Å². The van der Waals surface area contributed by atoms with Gasteiger partial charge in [0.2, 0.25) is 5.95 Å². The van der Waals surface area contributed by atoms with Crippen molar-refractivity contribution in [1.82, 2.24) is 20.3 Å². The number of anilines is 3. The van der Waals surface area contributed by atoms with Crippen LogP contribution in [0.5, 0.6) is 0 Å². The zero-order chi connectivity index (χ0) is 22.5. The first-order valence-electron chi connectivity index (χ1n) is 11.7. The molecule has 1 saturated carbocycles. The van der Waals surface area contributed by atoms with Crippen LogP contribution in [0, 0.1) is 0 Å². The van der Waals surface area contributed by atoms with Gasteiger partial charge in [0, 0.05) is 30.7 Å². The molecule has 3 aromatic rings. The van der Waals surface area contributed by atoms with Crippen molar-refractivity contribution in [2.45, 2.75) is 44.2 Å². The molecule has 1 aromatic carbocycles. The maximum Gasteiger partial charge on any atom is 0.229 e. The lowest BCUT2D eigenvalue weighted by molar-refractivity contribution is 0.126. The fraction of sp³-hybridized carbons (Fsp3) is 0.346. The first kappa shape index (κ1) is 21.6. The number of nitrogens with zero attached hydrogens (tertiary/aromatic N) is 3. The fourth-order valence-electron chi connectivity index (χ4n) is 4.46. The van der Waals surface area contributed by atoms with Crippen molar-refractivity contribution in [2.75, 3.05) is 23.7 Å². The number of nitrogens with one attached hydrogen (secondary N) is 3. The van der Waals surface area contributed by atoms with E-state index < -0.39 is 0 Å². The lowest BCUT2D eigenvalue weighted by Crippen LogP contribution is -2.29. The Balaban J connectivity index is 1.37. The predicted octanol–water partition coefficient (Wildman–Crippen LogP) is 4.37. The van der Waals surface area contributed by atoms with Crippen LogP contribution in [-0.2, 0) is 0 Å². The second-order valence-electron chi connectivity index (χ2n) is 8.71. The molecule has 2 aliphatic rings. The van der Waals surface area contributed by atoms with Gasteiger partial charge < -0.3 is 21.1 Å². The topological polar surface area (TPSA) is 95.0 Å². The molecule has 33 heavy (non-hydrogen) atoms. The molecule has 0 spiro atoms. The summed E-state index contributed by atoms with van der Waals surface area (Å²) in [7, 11) is 0. The lowest BCUT2D eigenvalue weighted by atomic mass is 9.93. The number of benzene rings is 1. The van der Waals surface area contributed by atoms with Crippen molar-refractivity contribution in [2.24, 2.45) is 0 Å². The fourth-order valence-corrected chi connectivity index (χ4v) is 4.46. The van der Waals surface area contributed by atoms with Gasteiger partial charge in [-0.15, -0.1) is 0 Å². The molecule has 3 heterocycles. The molecule has 2 aromatic heterocycles. The Bertz CT molecular complexity index is 1090. The van der Waals surface area contributed by atoms with Gasteiger partial charge in [-0.1, -0.05) is 24.3 Å². The number of aliphatic hydroxyl groups is 1. The highest BCUT2D eigenvalue weighted by Gasteiger charge is 2.21. The highest BCUT2D eigenvalue weighted by molar-refractivity contribution is 5.74. The molecule has 5 rings (SSSR count). The summed E-state index contributed by atoms with van der Waals surface area (Å²) >= 11 is 0. The minimum Gasteiger partial charge on any atom is -0.393 e. The molecule has 7 heteroatoms. The van der Waals surface area contributed by atoms with E-state index in [9.17, 15) is 5.11 Å². The molecule has 0 saturated heterocycles. The monoisotopic (exact) mass is 442 g/mol. The normalized spacial score (nSPS) is 20.7. The van der Waals surface area contributed by atoms with E-state index in [0.29, 0.717) is 5.95 Å². The van der Waals surface area contributed by atoms with Gasteiger partial charge in [0.15, 0.2) is 0 Å². The number of hydrogen-bond donors (Lipinski definition) is 4. The van der Waals surface area contributed by atoms with Crippen LogP contribution in [0.1, 0.15) is 37.7 Å². The average molecular weight is 443 g/mol. The van der Waals surface area contributed by atoms with Crippen LogP contribution in [0.2, 0.25) is 0 Å². The van der Waals surface area contributed by atoms with Crippen molar-refractivity contribution in [3.05, 3.63) is 66.5 Å². The van der Waals surface area contributed by atoms with E-state index >= 15 is 0 Å². The van der Waals surface area contributed by atoms with E-state index in [4.69, 9.17) is 4.98 Å². The van der Waals surface area contributed by atoms with Gasteiger partial charge in [0.25, 0.3) is 0 Å². The van der Waals surface area contributed by atoms with E-state index in [0.717, 1.165) is 68.0 Å². The van der Waals surface area contributed by atoms with Crippen molar-refractivity contribution in [3.8, 4) is 11.3 Å². The highest BCUT2D eigenvalue weighted by atomic mass is 16.3. The van der Waals surface area contributed by atoms with Gasteiger partial charge in [-0.05, 0) is 74.1 Å². The van der Waals surface area contributed by atoms with Crippen molar-refractivity contribution in [3.63, 3.8) is 0 Å². The smallest absolute Gasteiger partial charge is 0.229 e. The number of pyridine rings is 1. The molecule has 7 nitrogen and oxygen atoms in total. The summed E-state index contributed by atoms with van der Waals surface area (Å²) in [5.41, 5.74) is 5.31. The Kier molecular flexibility index (Phi) is 6.60. The SMILES string of the molecule is OC1CCC(Nc2nc(Nc3ccc(C4=CCNCC4)cc3)ncc2-c2ccccn2)CC1. The van der Waals surface area contributed by atoms with Gasteiger partial charge >= 0.3 is 0 Å². The van der Waals surface area contributed by atoms with Crippen LogP contribution in [0.25, 0.3) is 16.8 Å². The van der Waals surface area contributed by atoms with Gasteiger partial charge in [0.05, 0.1) is 17.4 Å². The Hall–Kier alpha value is -3.29. The third kappa shape index (κ3) is 5.38. The molecular weight excluding hydrogens is 412 g/mol. The molecule has 0 atom stereocenters. The summed E-state index contributed by atoms with van der Waals surface area (Å²) in [5.74, 6) is 1.31. The average Bonchev–Trinajstić information content (AvgIpc) is 2.87. The minimum absolute atomic E-state index is 0.190. The molecule has 0 bridgehead atoms. The standard InChI is InChI=1S/C26H30N6O/c33-22-10-8-20(9-11-22)30-25-23(24-3-1-2-14-28-24)17-29-26(32-25)31-21-6-4-18(5-7-21)19-12-15-27-16-13-19/h1-7,12,14,17,20,22,27,33H,8-11,13,15-16H2,(H2,29,30,31,32). The number of aliphatic hydroxyl groups excluding tert-OH is 1. The van der Waals surface area contributed by atoms with Crippen LogP contribution < -0.4 is 16.0 Å². The second kappa shape index (κ2) is 10.1. The third-order valence-corrected chi connectivity index (χ3v) is 6.34. The Labute approximate surface area is 194 Å². The van der Waals surface area contributed by atoms with Crippen LogP contribution in [0.4, 0.5) is 17.5 Å². The Morgan fingerprint density at radius 1 is 0.970 bits per heavy atom. The summed E-state index contributed by atoms with van der Waals surface area (Å²) < 4.78 is 0. The second-order valence-corrected chi connectivity index (χ2v) is 8.71. The van der Waals surface area contributed by atoms with E-state index in [1.165, 1.54) is 11.1 Å². The van der Waals surface area contributed by atoms with Crippen LogP contribution in [-0.4, -0.2) is 45.3 Å². The van der Waals surface area contributed by atoms with Gasteiger partial charge in [-0.2, -0.15) is 4.98 Å². The van der Waals surface area contributed by atoms with Crippen LogP contribution >= 0.6 is 0 Å². The molecule has 0 amide bonds. The third-order valence-electron chi connectivity index (χ3n) is 6.34. The molecule has 0 radical (unpaired) electrons. The molecule has 170 valence electrons. The number of rotatable bonds is 6. The van der Waals surface area contributed by atoms with E-state index in [1.807, 2.05) is 24.4 Å². The summed E-state index contributed by atoms with van der Waals surface area (Å²) in [6.07, 6.45) is 10.2. The summed E-state index contributed by atoms with van der Waals surface area (Å²) in [6, 6.07) is 14.6. The Morgan fingerprint density at radius 2 is 1.82 bits per heavy atom. The zero-order valence-electron chi connectivity index (χ0n) is 18.7. The quantitative estimate of drug-likeness (QED) is 0.450. The maximum absolute atomic E-state index is 9.86. The van der Waals surface area contributed by atoms with Crippen LogP contribution in [0.3, 0.4) is 0 Å². The number of aromatic nitrogens is 3. The van der Waals surface area contributed by atoms with Crippen molar-refractivity contribution < 1.29 is 5.11 Å². The van der Waals surface area contributed by atoms with Crippen molar-refractivity contribution in [1.29, 1.82) is 0 Å². The Morgan fingerprint density at radius 3 is 2.55 bits per heavy atom. The largest absolute Gasteiger partial charge is 0.393 e. The van der Waals surface area contributed by atoms with Gasteiger partial charge in [-0.25, -0.2) is 4.98 Å². The lowest BCUT2D eigenvalue weighted by Gasteiger charge is -2.27. The zero-order valence-corrected chi connectivity index (χ0v) is 18.7. The summed E-state index contributed by atoms with van der Waals surface area (Å²) in [5, 5.41) is 20.1.